The minimum absolute atomic E-state index is 0.817. The Morgan fingerprint density at radius 2 is 1.85 bits per heavy atom. The maximum atomic E-state index is 5.27. The quantitative estimate of drug-likeness (QED) is 0.650. The molecule has 0 heterocycles. The molecule has 0 N–H and O–H groups in total. The van der Waals surface area contributed by atoms with Crippen molar-refractivity contribution in [3.8, 4) is 0 Å². The van der Waals surface area contributed by atoms with Gasteiger partial charge in [-0.15, -0.1) is 0 Å². The van der Waals surface area contributed by atoms with Crippen LogP contribution < -0.4 is 0 Å². The van der Waals surface area contributed by atoms with Crippen LogP contribution in [0.1, 0.15) is 46.0 Å². The normalized spacial score (nSPS) is 31.6. The third-order valence-electron chi connectivity index (χ3n) is 3.63. The van der Waals surface area contributed by atoms with E-state index in [0.717, 1.165) is 24.4 Å². The molecule has 0 aromatic heterocycles. The van der Waals surface area contributed by atoms with E-state index in [4.69, 9.17) is 4.74 Å². The lowest BCUT2D eigenvalue weighted by Crippen LogP contribution is -2.23. The molecule has 0 aliphatic heterocycles. The van der Waals surface area contributed by atoms with Crippen molar-refractivity contribution in [1.29, 1.82) is 0 Å². The average molecular weight is 184 g/mol. The van der Waals surface area contributed by atoms with Crippen molar-refractivity contribution in [3.05, 3.63) is 0 Å². The Labute approximate surface area is 82.9 Å². The van der Waals surface area contributed by atoms with Gasteiger partial charge < -0.3 is 4.74 Å². The minimum Gasteiger partial charge on any atom is -0.384 e. The van der Waals surface area contributed by atoms with Crippen molar-refractivity contribution in [2.45, 2.75) is 46.0 Å². The zero-order valence-corrected chi connectivity index (χ0v) is 9.38. The molecule has 1 aliphatic carbocycles. The lowest BCUT2D eigenvalue weighted by Gasteiger charge is -2.31. The van der Waals surface area contributed by atoms with Crippen molar-refractivity contribution in [3.63, 3.8) is 0 Å². The highest BCUT2D eigenvalue weighted by Gasteiger charge is 2.24. The summed E-state index contributed by atoms with van der Waals surface area (Å²) in [5.41, 5.74) is 0. The first kappa shape index (κ1) is 11.0. The van der Waals surface area contributed by atoms with Gasteiger partial charge in [-0.25, -0.2) is 0 Å². The van der Waals surface area contributed by atoms with E-state index in [-0.39, 0.29) is 0 Å². The lowest BCUT2D eigenvalue weighted by molar-refractivity contribution is 0.0946. The summed E-state index contributed by atoms with van der Waals surface area (Å²) in [5, 5.41) is 0. The van der Waals surface area contributed by atoms with Gasteiger partial charge in [0.2, 0.25) is 0 Å². The summed E-state index contributed by atoms with van der Waals surface area (Å²) in [6.07, 6.45) is 7.02. The van der Waals surface area contributed by atoms with Crippen LogP contribution in [-0.4, -0.2) is 13.7 Å². The molecular formula is C12H24O. The first-order chi connectivity index (χ1) is 6.27. The van der Waals surface area contributed by atoms with Crippen LogP contribution in [-0.2, 0) is 4.74 Å². The molecule has 1 rings (SSSR count). The highest BCUT2D eigenvalue weighted by Crippen LogP contribution is 2.34. The van der Waals surface area contributed by atoms with E-state index in [2.05, 4.69) is 13.8 Å². The van der Waals surface area contributed by atoms with E-state index in [1.807, 2.05) is 7.11 Å². The van der Waals surface area contributed by atoms with Crippen LogP contribution in [0.5, 0.6) is 0 Å². The van der Waals surface area contributed by atoms with E-state index in [1.165, 1.54) is 32.1 Å². The Morgan fingerprint density at radius 3 is 2.31 bits per heavy atom. The Morgan fingerprint density at radius 1 is 1.23 bits per heavy atom. The van der Waals surface area contributed by atoms with Gasteiger partial charge in [-0.3, -0.25) is 0 Å². The third-order valence-corrected chi connectivity index (χ3v) is 3.63. The number of hydrogen-bond acceptors (Lipinski definition) is 1. The standard InChI is InChI=1S/C12H24O/c1-4-11(9-13-3)12-7-5-10(2)6-8-12/h10-12H,4-9H2,1-3H3. The first-order valence-corrected chi connectivity index (χ1v) is 5.76. The Hall–Kier alpha value is -0.0400. The van der Waals surface area contributed by atoms with E-state index >= 15 is 0 Å². The van der Waals surface area contributed by atoms with Crippen molar-refractivity contribution in [1.82, 2.24) is 0 Å². The largest absolute Gasteiger partial charge is 0.384 e. The van der Waals surface area contributed by atoms with Gasteiger partial charge in [0, 0.05) is 13.7 Å². The van der Waals surface area contributed by atoms with Crippen LogP contribution in [0.4, 0.5) is 0 Å². The summed E-state index contributed by atoms with van der Waals surface area (Å²) < 4.78 is 5.27. The van der Waals surface area contributed by atoms with Crippen LogP contribution in [0.3, 0.4) is 0 Å². The molecule has 0 bridgehead atoms. The maximum absolute atomic E-state index is 5.27. The summed E-state index contributed by atoms with van der Waals surface area (Å²) in [4.78, 5) is 0. The molecule has 13 heavy (non-hydrogen) atoms. The van der Waals surface area contributed by atoms with Gasteiger partial charge in [-0.1, -0.05) is 33.1 Å². The fourth-order valence-electron chi connectivity index (χ4n) is 2.56. The van der Waals surface area contributed by atoms with Crippen LogP contribution in [0.2, 0.25) is 0 Å². The molecule has 0 amide bonds. The summed E-state index contributed by atoms with van der Waals surface area (Å²) in [6, 6.07) is 0. The zero-order chi connectivity index (χ0) is 9.68. The predicted molar refractivity (Wildman–Crippen MR) is 56.8 cm³/mol. The smallest absolute Gasteiger partial charge is 0.0493 e. The molecule has 0 saturated heterocycles. The SMILES string of the molecule is CCC(COC)C1CCC(C)CC1. The molecule has 1 unspecified atom stereocenters. The summed E-state index contributed by atoms with van der Waals surface area (Å²) in [6.45, 7) is 5.64. The zero-order valence-electron chi connectivity index (χ0n) is 9.38. The minimum atomic E-state index is 0.817. The fourth-order valence-corrected chi connectivity index (χ4v) is 2.56. The third kappa shape index (κ3) is 3.30. The summed E-state index contributed by atoms with van der Waals surface area (Å²) >= 11 is 0. The highest BCUT2D eigenvalue weighted by molar-refractivity contribution is 4.75. The number of ether oxygens (including phenoxy) is 1. The molecule has 1 fully saturated rings. The van der Waals surface area contributed by atoms with Gasteiger partial charge in [0.25, 0.3) is 0 Å². The monoisotopic (exact) mass is 184 g/mol. The van der Waals surface area contributed by atoms with Gasteiger partial charge in [0.15, 0.2) is 0 Å². The van der Waals surface area contributed by atoms with Crippen molar-refractivity contribution in [2.24, 2.45) is 17.8 Å². The van der Waals surface area contributed by atoms with Crippen LogP contribution in [0.25, 0.3) is 0 Å². The van der Waals surface area contributed by atoms with E-state index < -0.39 is 0 Å². The molecule has 0 spiro atoms. The highest BCUT2D eigenvalue weighted by atomic mass is 16.5. The van der Waals surface area contributed by atoms with E-state index in [9.17, 15) is 0 Å². The van der Waals surface area contributed by atoms with Crippen LogP contribution in [0.15, 0.2) is 0 Å². The van der Waals surface area contributed by atoms with Gasteiger partial charge in [0.05, 0.1) is 0 Å². The maximum Gasteiger partial charge on any atom is 0.0493 e. The van der Waals surface area contributed by atoms with Gasteiger partial charge in [-0.05, 0) is 30.6 Å². The van der Waals surface area contributed by atoms with Crippen molar-refractivity contribution < 1.29 is 4.74 Å². The van der Waals surface area contributed by atoms with Gasteiger partial charge >= 0.3 is 0 Å². The molecule has 0 aromatic rings. The molecule has 1 aliphatic rings. The van der Waals surface area contributed by atoms with E-state index in [0.29, 0.717) is 0 Å². The second-order valence-electron chi connectivity index (χ2n) is 4.64. The van der Waals surface area contributed by atoms with E-state index in [1.54, 1.807) is 0 Å². The van der Waals surface area contributed by atoms with Gasteiger partial charge in [0.1, 0.15) is 0 Å². The molecule has 1 nitrogen and oxygen atoms in total. The topological polar surface area (TPSA) is 9.23 Å². The Kier molecular flexibility index (Phi) is 4.79. The average Bonchev–Trinajstić information content (AvgIpc) is 2.16. The molecule has 0 aromatic carbocycles. The Balaban J connectivity index is 2.32. The summed E-state index contributed by atoms with van der Waals surface area (Å²) in [5.74, 6) is 2.73. The predicted octanol–water partition coefficient (Wildman–Crippen LogP) is 3.49. The van der Waals surface area contributed by atoms with Crippen LogP contribution in [0, 0.1) is 17.8 Å². The van der Waals surface area contributed by atoms with Crippen LogP contribution >= 0.6 is 0 Å². The first-order valence-electron chi connectivity index (χ1n) is 5.76. The molecule has 1 heteroatoms. The number of rotatable bonds is 4. The molecule has 1 saturated carbocycles. The lowest BCUT2D eigenvalue weighted by atomic mass is 9.76. The molecule has 1 atom stereocenters. The number of methoxy groups -OCH3 is 1. The van der Waals surface area contributed by atoms with Crippen molar-refractivity contribution in [2.75, 3.05) is 13.7 Å². The molecule has 0 radical (unpaired) electrons. The summed E-state index contributed by atoms with van der Waals surface area (Å²) in [7, 11) is 1.83. The second-order valence-corrected chi connectivity index (χ2v) is 4.64. The second kappa shape index (κ2) is 5.64. The molecular weight excluding hydrogens is 160 g/mol. The van der Waals surface area contributed by atoms with Gasteiger partial charge in [-0.2, -0.15) is 0 Å². The fraction of sp³-hybridized carbons (Fsp3) is 1.00. The molecule has 78 valence electrons. The number of hydrogen-bond donors (Lipinski definition) is 0. The Bertz CT molecular complexity index is 125. The van der Waals surface area contributed by atoms with Crippen molar-refractivity contribution >= 4 is 0 Å².